The second kappa shape index (κ2) is 4.62. The van der Waals surface area contributed by atoms with Crippen LogP contribution in [0.15, 0.2) is 17.5 Å². The van der Waals surface area contributed by atoms with Crippen molar-refractivity contribution >= 4 is 11.3 Å². The molecule has 1 aliphatic carbocycles. The Balaban J connectivity index is 1.38. The van der Waals surface area contributed by atoms with Gasteiger partial charge in [0.1, 0.15) is 0 Å². The predicted molar refractivity (Wildman–Crippen MR) is 73.8 cm³/mol. The molecule has 3 fully saturated rings. The number of rotatable bonds is 5. The fourth-order valence-electron chi connectivity index (χ4n) is 3.63. The number of nitrogens with one attached hydrogen (secondary N) is 1. The van der Waals surface area contributed by atoms with E-state index in [1.165, 1.54) is 37.0 Å². The molecule has 0 aromatic carbocycles. The van der Waals surface area contributed by atoms with Gasteiger partial charge in [0, 0.05) is 23.4 Å². The largest absolute Gasteiger partial charge is 0.375 e. The van der Waals surface area contributed by atoms with E-state index in [0.717, 1.165) is 18.4 Å². The summed E-state index contributed by atoms with van der Waals surface area (Å²) in [4.78, 5) is 1.53. The van der Waals surface area contributed by atoms with Gasteiger partial charge in [-0.3, -0.25) is 0 Å². The summed E-state index contributed by atoms with van der Waals surface area (Å²) in [5, 5.41) is 6.04. The lowest BCUT2D eigenvalue weighted by molar-refractivity contribution is 0.0918. The van der Waals surface area contributed by atoms with E-state index in [4.69, 9.17) is 4.74 Å². The minimum atomic E-state index is 0.561. The van der Waals surface area contributed by atoms with Crippen LogP contribution >= 0.6 is 11.3 Å². The second-order valence-electron chi connectivity index (χ2n) is 6.11. The van der Waals surface area contributed by atoms with Crippen molar-refractivity contribution in [2.75, 3.05) is 6.54 Å². The first kappa shape index (κ1) is 11.4. The summed E-state index contributed by atoms with van der Waals surface area (Å²) in [5.74, 6) is 1.66. The third-order valence-corrected chi connectivity index (χ3v) is 5.73. The first-order valence-electron chi connectivity index (χ1n) is 7.32. The van der Waals surface area contributed by atoms with Crippen LogP contribution in [0.3, 0.4) is 0 Å². The minimum absolute atomic E-state index is 0.561. The smallest absolute Gasteiger partial charge is 0.0621 e. The molecule has 2 saturated heterocycles. The van der Waals surface area contributed by atoms with Gasteiger partial charge < -0.3 is 10.1 Å². The van der Waals surface area contributed by atoms with Gasteiger partial charge in [0.2, 0.25) is 0 Å². The number of hydrogen-bond donors (Lipinski definition) is 1. The number of hydrogen-bond acceptors (Lipinski definition) is 3. The zero-order valence-electron chi connectivity index (χ0n) is 10.7. The van der Waals surface area contributed by atoms with Gasteiger partial charge in [0.25, 0.3) is 0 Å². The minimum Gasteiger partial charge on any atom is -0.375 e. The summed E-state index contributed by atoms with van der Waals surface area (Å²) in [6.07, 6.45) is 7.85. The van der Waals surface area contributed by atoms with Crippen LogP contribution in [0.2, 0.25) is 0 Å². The lowest BCUT2D eigenvalue weighted by Crippen LogP contribution is -2.32. The molecule has 2 bridgehead atoms. The molecular weight excluding hydrogens is 242 g/mol. The average molecular weight is 263 g/mol. The van der Waals surface area contributed by atoms with Crippen LogP contribution in [0.1, 0.15) is 43.0 Å². The molecule has 3 heterocycles. The molecule has 0 amide bonds. The molecule has 0 spiro atoms. The Kier molecular flexibility index (Phi) is 2.94. The molecule has 1 saturated carbocycles. The zero-order chi connectivity index (χ0) is 11.9. The Morgan fingerprint density at radius 1 is 1.33 bits per heavy atom. The van der Waals surface area contributed by atoms with Crippen LogP contribution in [0.5, 0.6) is 0 Å². The van der Waals surface area contributed by atoms with E-state index < -0.39 is 0 Å². The third kappa shape index (κ3) is 2.13. The van der Waals surface area contributed by atoms with E-state index >= 15 is 0 Å². The predicted octanol–water partition coefficient (Wildman–Crippen LogP) is 3.36. The molecule has 3 aliphatic rings. The molecular formula is C15H21NOS. The highest BCUT2D eigenvalue weighted by molar-refractivity contribution is 7.10. The first-order chi connectivity index (χ1) is 8.90. The van der Waals surface area contributed by atoms with Crippen LogP contribution in [0.25, 0.3) is 0 Å². The van der Waals surface area contributed by atoms with Crippen molar-refractivity contribution < 1.29 is 4.74 Å². The molecule has 4 unspecified atom stereocenters. The van der Waals surface area contributed by atoms with Crippen molar-refractivity contribution in [1.29, 1.82) is 0 Å². The summed E-state index contributed by atoms with van der Waals surface area (Å²) < 4.78 is 5.95. The van der Waals surface area contributed by atoms with E-state index in [2.05, 4.69) is 22.8 Å². The van der Waals surface area contributed by atoms with Crippen molar-refractivity contribution in [3.8, 4) is 0 Å². The maximum atomic E-state index is 5.95. The molecule has 2 aliphatic heterocycles. The van der Waals surface area contributed by atoms with Gasteiger partial charge in [0.15, 0.2) is 0 Å². The first-order valence-corrected chi connectivity index (χ1v) is 8.20. The summed E-state index contributed by atoms with van der Waals surface area (Å²) in [7, 11) is 0. The van der Waals surface area contributed by atoms with E-state index in [1.807, 2.05) is 11.3 Å². The van der Waals surface area contributed by atoms with Crippen LogP contribution in [-0.2, 0) is 4.74 Å². The maximum Gasteiger partial charge on any atom is 0.0621 e. The Morgan fingerprint density at radius 3 is 2.89 bits per heavy atom. The zero-order valence-corrected chi connectivity index (χ0v) is 11.5. The van der Waals surface area contributed by atoms with Gasteiger partial charge in [-0.05, 0) is 49.5 Å². The van der Waals surface area contributed by atoms with E-state index in [-0.39, 0.29) is 0 Å². The van der Waals surface area contributed by atoms with Crippen molar-refractivity contribution in [2.45, 2.75) is 50.4 Å². The average Bonchev–Trinajstić information content (AvgIpc) is 2.84. The van der Waals surface area contributed by atoms with Crippen LogP contribution in [0, 0.1) is 11.8 Å². The fourth-order valence-corrected chi connectivity index (χ4v) is 4.53. The van der Waals surface area contributed by atoms with E-state index in [9.17, 15) is 0 Å². The van der Waals surface area contributed by atoms with E-state index in [0.29, 0.717) is 18.2 Å². The highest BCUT2D eigenvalue weighted by Crippen LogP contribution is 2.43. The molecule has 4 rings (SSSR count). The monoisotopic (exact) mass is 263 g/mol. The Morgan fingerprint density at radius 2 is 2.28 bits per heavy atom. The normalized spacial score (nSPS) is 36.1. The molecule has 3 heteroatoms. The van der Waals surface area contributed by atoms with Gasteiger partial charge in [-0.15, -0.1) is 11.3 Å². The van der Waals surface area contributed by atoms with Crippen LogP contribution in [0.4, 0.5) is 0 Å². The van der Waals surface area contributed by atoms with Gasteiger partial charge in [-0.1, -0.05) is 6.07 Å². The molecule has 0 radical (unpaired) electrons. The standard InChI is InChI=1S/C15H21NOS/c1-2-14(18-7-1)15(10-3-4-10)16-9-11-8-12-5-6-13(11)17-12/h1-2,7,10-13,15-16H,3-6,8-9H2. The SMILES string of the molecule is c1csc(C(NCC2CC3CCC2O3)C2CC2)c1. The fraction of sp³-hybridized carbons (Fsp3) is 0.733. The molecule has 98 valence electrons. The highest BCUT2D eigenvalue weighted by atomic mass is 32.1. The molecule has 1 N–H and O–H groups in total. The van der Waals surface area contributed by atoms with Crippen LogP contribution in [-0.4, -0.2) is 18.8 Å². The van der Waals surface area contributed by atoms with Gasteiger partial charge in [-0.2, -0.15) is 0 Å². The maximum absolute atomic E-state index is 5.95. The molecule has 18 heavy (non-hydrogen) atoms. The van der Waals surface area contributed by atoms with Crippen molar-refractivity contribution in [1.82, 2.24) is 5.32 Å². The van der Waals surface area contributed by atoms with Crippen molar-refractivity contribution in [3.63, 3.8) is 0 Å². The lowest BCUT2D eigenvalue weighted by atomic mass is 9.89. The summed E-state index contributed by atoms with van der Waals surface area (Å²) in [5.41, 5.74) is 0. The number of thiophene rings is 1. The molecule has 1 aromatic rings. The quantitative estimate of drug-likeness (QED) is 0.879. The highest BCUT2D eigenvalue weighted by Gasteiger charge is 2.41. The lowest BCUT2D eigenvalue weighted by Gasteiger charge is -2.23. The molecule has 1 aromatic heterocycles. The summed E-state index contributed by atoms with van der Waals surface area (Å²) in [6.45, 7) is 1.15. The third-order valence-electron chi connectivity index (χ3n) is 4.77. The van der Waals surface area contributed by atoms with Gasteiger partial charge in [-0.25, -0.2) is 0 Å². The molecule has 2 nitrogen and oxygen atoms in total. The Labute approximate surface area is 113 Å². The summed E-state index contributed by atoms with van der Waals surface area (Å²) in [6, 6.07) is 5.08. The summed E-state index contributed by atoms with van der Waals surface area (Å²) >= 11 is 1.90. The van der Waals surface area contributed by atoms with Gasteiger partial charge >= 0.3 is 0 Å². The van der Waals surface area contributed by atoms with Crippen molar-refractivity contribution in [3.05, 3.63) is 22.4 Å². The second-order valence-corrected chi connectivity index (χ2v) is 7.09. The van der Waals surface area contributed by atoms with E-state index in [1.54, 1.807) is 0 Å². The Hall–Kier alpha value is -0.380. The van der Waals surface area contributed by atoms with Gasteiger partial charge in [0.05, 0.1) is 12.2 Å². The van der Waals surface area contributed by atoms with Crippen LogP contribution < -0.4 is 5.32 Å². The Bertz CT molecular complexity index is 401. The number of ether oxygens (including phenoxy) is 1. The number of fused-ring (bicyclic) bond motifs is 2. The topological polar surface area (TPSA) is 21.3 Å². The van der Waals surface area contributed by atoms with Crippen molar-refractivity contribution in [2.24, 2.45) is 11.8 Å². The molecule has 4 atom stereocenters.